The molecule has 538 valence electrons. The molecule has 4 fully saturated rings. The quantitative estimate of drug-likeness (QED) is 0.0190. The predicted molar refractivity (Wildman–Crippen MR) is 306 cm³/mol. The van der Waals surface area contributed by atoms with Crippen LogP contribution in [0.5, 0.6) is 0 Å². The number of nitrogens with one attached hydrogen (secondary N) is 3. The fourth-order valence-electron chi connectivity index (χ4n) is 11.0. The first-order valence-electron chi connectivity index (χ1n) is 27.6. The zero-order valence-electron chi connectivity index (χ0n) is 50.0. The second-order valence-electron chi connectivity index (χ2n) is 21.5. The van der Waals surface area contributed by atoms with Crippen molar-refractivity contribution in [1.29, 1.82) is 0 Å². The third-order valence-electron chi connectivity index (χ3n) is 15.1. The van der Waals surface area contributed by atoms with Crippen molar-refractivity contribution in [2.75, 3.05) is 50.7 Å². The number of ether oxygens (including phenoxy) is 5. The number of anilines is 3. The Morgan fingerprint density at radius 1 is 0.582 bits per heavy atom. The number of nitrogen functional groups attached to an aromatic ring is 3. The molecule has 0 amide bonds. The molecule has 4 saturated heterocycles. The lowest BCUT2D eigenvalue weighted by Crippen LogP contribution is -2.40. The van der Waals surface area contributed by atoms with Gasteiger partial charge < -0.3 is 124 Å². The Kier molecular flexibility index (Phi) is 21.1. The second-order valence-corrected chi connectivity index (χ2v) is 28.7. The smallest absolute Gasteiger partial charge is 0.313 e. The van der Waals surface area contributed by atoms with Crippen molar-refractivity contribution in [1.82, 2.24) is 73.1 Å². The first-order chi connectivity index (χ1) is 45.2. The maximum absolute atomic E-state index is 14.2. The van der Waals surface area contributed by atoms with E-state index in [1.54, 1.807) is 0 Å². The van der Waals surface area contributed by atoms with Crippen LogP contribution in [0.25, 0.3) is 44.7 Å². The molecule has 12 heterocycles. The van der Waals surface area contributed by atoms with Crippen LogP contribution in [0.3, 0.4) is 0 Å². The largest absolute Gasteiger partial charge is 0.756 e. The van der Waals surface area contributed by atoms with Crippen molar-refractivity contribution in [3.8, 4) is 0 Å². The highest BCUT2D eigenvalue weighted by Gasteiger charge is 2.53. The van der Waals surface area contributed by atoms with Gasteiger partial charge in [0.05, 0.1) is 58.6 Å². The molecule has 9 unspecified atom stereocenters. The van der Waals surface area contributed by atoms with Gasteiger partial charge in [-0.2, -0.15) is 4.98 Å². The Morgan fingerprint density at radius 3 is 1.74 bits per heavy atom. The van der Waals surface area contributed by atoms with E-state index in [2.05, 4.69) is 68.0 Å². The van der Waals surface area contributed by atoms with Crippen molar-refractivity contribution in [2.24, 2.45) is 7.05 Å². The van der Waals surface area contributed by atoms with Crippen LogP contribution in [0.1, 0.15) is 43.6 Å². The number of nitrogens with two attached hydrogens (primary N) is 3. The number of aromatic nitrogens is 16. The molecule has 0 bridgehead atoms. The van der Waals surface area contributed by atoms with Crippen molar-refractivity contribution >= 4 is 101 Å². The van der Waals surface area contributed by atoms with E-state index in [0.717, 1.165) is 46.1 Å². The summed E-state index contributed by atoms with van der Waals surface area (Å²) in [5.74, 6) is -0.705. The second kappa shape index (κ2) is 28.0. The molecule has 98 heavy (non-hydrogen) atoms. The number of aromatic amines is 3. The van der Waals surface area contributed by atoms with E-state index in [9.17, 15) is 77.0 Å². The van der Waals surface area contributed by atoms with Gasteiger partial charge in [-0.1, -0.05) is 4.98 Å². The number of aryl methyl sites for hydroxylation is 2. The average molecular weight is 1490 g/mol. The minimum absolute atomic E-state index is 0. The molecule has 50 nitrogen and oxygen atoms in total. The van der Waals surface area contributed by atoms with E-state index < -0.39 is 174 Å². The van der Waals surface area contributed by atoms with Crippen LogP contribution >= 0.6 is 39.1 Å². The highest BCUT2D eigenvalue weighted by Crippen LogP contribution is 2.63. The topological polar surface area (TPSA) is 748 Å². The Labute approximate surface area is 542 Å². The zero-order valence-corrected chi connectivity index (χ0v) is 54.4. The number of fused-ring (bicyclic) bond motifs is 4. The Morgan fingerprint density at radius 2 is 1.09 bits per heavy atom. The number of imidazole rings is 4. The number of methoxy groups -OCH3 is 1. The fraction of sp³-hybridized carbons (Fsp3) is 0.535. The fourth-order valence-corrected chi connectivity index (χ4v) is 16.3. The summed E-state index contributed by atoms with van der Waals surface area (Å²) in [7, 11) is -28.5. The average Bonchev–Trinajstić information content (AvgIpc) is 1.62. The summed E-state index contributed by atoms with van der Waals surface area (Å²) in [4.78, 5) is 144. The summed E-state index contributed by atoms with van der Waals surface area (Å²) in [5.41, 5.74) is 14.4. The minimum Gasteiger partial charge on any atom is -0.756 e. The molecule has 8 aromatic rings. The summed E-state index contributed by atoms with van der Waals surface area (Å²) >= 11 is 0. The van der Waals surface area contributed by atoms with Crippen LogP contribution in [0.2, 0.25) is 0 Å². The monoisotopic (exact) mass is 1490 g/mol. The van der Waals surface area contributed by atoms with Gasteiger partial charge in [-0.25, -0.2) is 43.1 Å². The van der Waals surface area contributed by atoms with Crippen LogP contribution in [0.15, 0.2) is 46.0 Å². The van der Waals surface area contributed by atoms with E-state index in [1.165, 1.54) is 29.4 Å². The molecule has 19 atom stereocenters. The molecule has 4 aliphatic rings. The highest BCUT2D eigenvalue weighted by atomic mass is 31.3. The molecule has 4 aliphatic heterocycles. The summed E-state index contributed by atoms with van der Waals surface area (Å²) in [6.07, 6.45) is -19.1. The molecule has 0 saturated carbocycles. The molecule has 16 N–H and O–H groups in total. The minimum atomic E-state index is -6.59. The van der Waals surface area contributed by atoms with Crippen molar-refractivity contribution < 1.29 is 138 Å². The molecule has 0 spiro atoms. The van der Waals surface area contributed by atoms with Crippen molar-refractivity contribution in [2.45, 2.75) is 106 Å². The number of hydrogen-bond acceptors (Lipinski definition) is 40. The lowest BCUT2D eigenvalue weighted by Gasteiger charge is -2.35. The number of hydrogen-bond donors (Lipinski definition) is 9. The van der Waals surface area contributed by atoms with Gasteiger partial charge in [0.25, 0.3) is 61.7 Å². The van der Waals surface area contributed by atoms with Gasteiger partial charge in [0.15, 0.2) is 65.0 Å². The number of nitrogens with zero attached hydrogens (tertiary/aromatic N) is 13. The number of phosphoric ester groups is 4. The van der Waals surface area contributed by atoms with Gasteiger partial charge in [0, 0.05) is 13.5 Å². The lowest BCUT2D eigenvalue weighted by atomic mass is 10.1. The number of phosphoric acid groups is 5. The van der Waals surface area contributed by atoms with Crippen LogP contribution < -0.4 is 62.9 Å². The number of aliphatic hydroxyl groups excluding tert-OH is 3. The third kappa shape index (κ3) is 15.0. The van der Waals surface area contributed by atoms with Crippen LogP contribution in [0.4, 0.5) is 17.7 Å². The standard InChI is InChI=1S/C43H56N19O29P5.2H2O/c1-15-52-33-22(36(66)53-15)50-12-60(33)39-26(64)25(63)17(85-39)7-81-92(69,70)88-28-18(86-40(27(28)65)59-11-49-21-31(44)47-10-48-32(21)59)8-82-93(71,72)89-29-19(87-41(30(29)79-3)61-13-51-23-34(61)54-42(45)56-37(23)67)9-83-95(75,76)91-96(77,78)90-94(73,74)80-6-16-4-5-20(84-16)62-14-58(2)24-35(62)55-43(46)57-38(24)68;;/h10-14,16-20,25-30,39-41,63-65H,4-9H2,1-3H3,(H13-,44,45,46,47,48,52,53,54,55,56,57,66,67,68,69,70,71,72,73,74,75,76,77,78);2*1H2/p-4/t16?,17-,18-,19-,20-,25?,26+,27+,28?,29?,30+,39-,40-,41-;;/m1../s1. The van der Waals surface area contributed by atoms with Gasteiger partial charge in [-0.3, -0.25) is 65.4 Å². The van der Waals surface area contributed by atoms with E-state index in [1.807, 2.05) is 0 Å². The Hall–Kier alpha value is -6.77. The van der Waals surface area contributed by atoms with Gasteiger partial charge in [-0.15, -0.1) is 0 Å². The van der Waals surface area contributed by atoms with E-state index in [0.29, 0.717) is 0 Å². The van der Waals surface area contributed by atoms with Crippen LogP contribution in [-0.4, -0.2) is 194 Å². The molecule has 8 aromatic heterocycles. The summed E-state index contributed by atoms with van der Waals surface area (Å²) in [5, 5.41) is 33.7. The zero-order chi connectivity index (χ0) is 68.9. The van der Waals surface area contributed by atoms with E-state index in [-0.39, 0.29) is 86.0 Å². The van der Waals surface area contributed by atoms with E-state index in [4.69, 9.17) is 63.5 Å². The van der Waals surface area contributed by atoms with Gasteiger partial charge >= 0.3 is 5.65 Å². The van der Waals surface area contributed by atoms with Gasteiger partial charge in [0.1, 0.15) is 72.6 Å². The molecular weight excluding hydrogens is 1430 g/mol. The van der Waals surface area contributed by atoms with Gasteiger partial charge in [-0.05, 0) is 13.3 Å². The summed E-state index contributed by atoms with van der Waals surface area (Å²) in [6, 6.07) is 0. The molecule has 55 heteroatoms. The first-order valence-corrected chi connectivity index (χ1v) is 35.0. The Bertz CT molecular complexity index is 4740. The van der Waals surface area contributed by atoms with Crippen LogP contribution in [0, 0.1) is 6.92 Å². The summed E-state index contributed by atoms with van der Waals surface area (Å²) < 4.78 is 140. The third-order valence-corrected chi connectivity index (χ3v) is 21.2. The SMILES string of the molecule is CO[C@H]1C(OP(=O)([O-])OC[C@H]2O[C@@H](n3cnc4c(N)ncnc43)[C@@H](O)C2OP(=O)([O-])OC[C@H]2O[C@@H](n3cnc4c(=O)[nH]c(C)nc43)[C@@H](O)C2O)[C@@H](COP(=O)([O-])OP(=O)([O-])OP(=O)([O-])OCC2CC[C@H]([n+]3cn(C)c4c(=O)[nH]c(N)nc43)O2)O[C@H]1n1cnc2c(=O)[nH]c(N)nc21.O.O. The molecular formula is C43H56N19O31P5-4. The number of aliphatic hydroxyl groups is 3. The normalized spacial score (nSPS) is 28.9. The van der Waals surface area contributed by atoms with Crippen molar-refractivity contribution in [3.05, 3.63) is 68.5 Å². The first kappa shape index (κ1) is 73.9. The maximum Gasteiger partial charge on any atom is 0.313 e. The molecule has 12 rings (SSSR count). The van der Waals surface area contributed by atoms with E-state index >= 15 is 0 Å². The maximum atomic E-state index is 14.2. The van der Waals surface area contributed by atoms with Crippen LogP contribution in [-0.2, 0) is 89.3 Å². The molecule has 0 aliphatic carbocycles. The van der Waals surface area contributed by atoms with Crippen molar-refractivity contribution in [3.63, 3.8) is 0 Å². The van der Waals surface area contributed by atoms with Gasteiger partial charge in [0.2, 0.25) is 11.5 Å². The number of H-pyrrole nitrogens is 3. The molecule has 0 aromatic carbocycles. The predicted octanol–water partition coefficient (Wildman–Crippen LogP) is -8.26. The summed E-state index contributed by atoms with van der Waals surface area (Å²) in [6.45, 7) is -3.40. The highest BCUT2D eigenvalue weighted by molar-refractivity contribution is 7.65. The lowest BCUT2D eigenvalue weighted by molar-refractivity contribution is -0.739. The Balaban J connectivity index is 0.00000520. The molecule has 0 radical (unpaired) electrons. The number of rotatable bonds is 25.